The van der Waals surface area contributed by atoms with Crippen LogP contribution in [0.4, 0.5) is 0 Å². The summed E-state index contributed by atoms with van der Waals surface area (Å²) in [6.45, 7) is 4.28. The summed E-state index contributed by atoms with van der Waals surface area (Å²) in [4.78, 5) is 35.9. The maximum atomic E-state index is 12.9. The number of hydrogen-bond acceptors (Lipinski definition) is 7. The average Bonchev–Trinajstić information content (AvgIpc) is 3.58. The van der Waals surface area contributed by atoms with Crippen LogP contribution in [0.25, 0.3) is 0 Å². The lowest BCUT2D eigenvalue weighted by molar-refractivity contribution is -0.870. The summed E-state index contributed by atoms with van der Waals surface area (Å²) in [6.07, 6.45) is 104. The molecule has 0 saturated carbocycles. The maximum Gasteiger partial charge on any atom is 0.472 e. The molecule has 2 atom stereocenters. The van der Waals surface area contributed by atoms with Gasteiger partial charge in [0.2, 0.25) is 0 Å². The van der Waals surface area contributed by atoms with E-state index >= 15 is 0 Å². The normalized spacial score (nSPS) is 14.1. The predicted octanol–water partition coefficient (Wildman–Crippen LogP) is 23.9. The molecule has 0 aliphatic carbocycles. The quantitative estimate of drug-likeness (QED) is 0.0211. The van der Waals surface area contributed by atoms with E-state index in [2.05, 4.69) is 172 Å². The third kappa shape index (κ3) is 72.7. The van der Waals surface area contributed by atoms with Gasteiger partial charge in [-0.15, -0.1) is 0 Å². The first-order valence-corrected chi connectivity index (χ1v) is 37.7. The molecule has 90 heavy (non-hydrogen) atoms. The zero-order chi connectivity index (χ0) is 65.5. The van der Waals surface area contributed by atoms with E-state index in [1.165, 1.54) is 141 Å². The third-order valence-electron chi connectivity index (χ3n) is 15.0. The second kappa shape index (κ2) is 69.0. The van der Waals surface area contributed by atoms with Crippen LogP contribution < -0.4 is 0 Å². The SMILES string of the molecule is CC/C=C\C/C=C\C/C=C\C/C=C\C/C=C\C/C=C\C/C=C\C/C=C\C/C=C\C/C=C\C/C=C\C/C=C\CCCCC(=O)OC(COC(=O)CCCCCCCCCCCCCCCCC/C=C\CCCCCCCCCC)COP(=O)(O)OCC[N+](C)(C)C. The molecule has 1 N–H and O–H groups in total. The van der Waals surface area contributed by atoms with Crippen LogP contribution in [0.2, 0.25) is 0 Å². The molecule has 0 aliphatic rings. The Morgan fingerprint density at radius 2 is 0.633 bits per heavy atom. The molecule has 10 heteroatoms. The van der Waals surface area contributed by atoms with E-state index in [0.717, 1.165) is 109 Å². The van der Waals surface area contributed by atoms with Crippen LogP contribution in [-0.4, -0.2) is 74.9 Å². The summed E-state index contributed by atoms with van der Waals surface area (Å²) in [6, 6.07) is 0. The molecule has 0 radical (unpaired) electrons. The largest absolute Gasteiger partial charge is 0.472 e. The third-order valence-corrected chi connectivity index (χ3v) is 16.0. The fourth-order valence-corrected chi connectivity index (χ4v) is 10.3. The number of phosphoric acid groups is 1. The second-order valence-electron chi connectivity index (χ2n) is 24.9. The number of ether oxygens (including phenoxy) is 2. The number of unbranched alkanes of at least 4 members (excludes halogenated alkanes) is 25. The van der Waals surface area contributed by atoms with Crippen LogP contribution >= 0.6 is 7.82 Å². The fraction of sp³-hybridized carbons (Fsp3) is 0.650. The maximum absolute atomic E-state index is 12.9. The highest BCUT2D eigenvalue weighted by atomic mass is 31.2. The lowest BCUT2D eigenvalue weighted by Gasteiger charge is -2.24. The lowest BCUT2D eigenvalue weighted by Crippen LogP contribution is -2.37. The van der Waals surface area contributed by atoms with E-state index in [1.54, 1.807) is 0 Å². The van der Waals surface area contributed by atoms with Gasteiger partial charge >= 0.3 is 19.8 Å². The van der Waals surface area contributed by atoms with Crippen molar-refractivity contribution < 1.29 is 42.1 Å². The van der Waals surface area contributed by atoms with Gasteiger partial charge < -0.3 is 18.9 Å². The van der Waals surface area contributed by atoms with E-state index in [9.17, 15) is 19.0 Å². The molecule has 9 nitrogen and oxygen atoms in total. The van der Waals surface area contributed by atoms with Crippen LogP contribution in [-0.2, 0) is 32.7 Å². The Morgan fingerprint density at radius 1 is 0.356 bits per heavy atom. The summed E-state index contributed by atoms with van der Waals surface area (Å²) in [5.74, 6) is -0.852. The van der Waals surface area contributed by atoms with Gasteiger partial charge in [-0.25, -0.2) is 4.57 Å². The van der Waals surface area contributed by atoms with Crippen molar-refractivity contribution in [3.63, 3.8) is 0 Å². The fourth-order valence-electron chi connectivity index (χ4n) is 9.52. The van der Waals surface area contributed by atoms with Crippen molar-refractivity contribution in [2.75, 3.05) is 47.5 Å². The average molecular weight is 1270 g/mol. The van der Waals surface area contributed by atoms with E-state index in [1.807, 2.05) is 21.1 Å². The molecule has 0 fully saturated rings. The first kappa shape index (κ1) is 85.6. The molecule has 0 aliphatic heterocycles. The number of nitrogens with zero attached hydrogens (tertiary/aromatic N) is 1. The minimum atomic E-state index is -4.42. The van der Waals surface area contributed by atoms with Gasteiger partial charge in [-0.3, -0.25) is 18.6 Å². The molecule has 0 spiro atoms. The monoisotopic (exact) mass is 1270 g/mol. The van der Waals surface area contributed by atoms with Gasteiger partial charge in [0.15, 0.2) is 6.10 Å². The highest BCUT2D eigenvalue weighted by Gasteiger charge is 2.27. The number of hydrogen-bond donors (Lipinski definition) is 1. The number of phosphoric ester groups is 1. The molecule has 0 aromatic carbocycles. The van der Waals surface area contributed by atoms with Crippen molar-refractivity contribution in [2.24, 2.45) is 0 Å². The van der Waals surface area contributed by atoms with Crippen LogP contribution in [0.15, 0.2) is 158 Å². The van der Waals surface area contributed by atoms with Crippen LogP contribution in [0.3, 0.4) is 0 Å². The van der Waals surface area contributed by atoms with E-state index in [0.29, 0.717) is 17.4 Å². The highest BCUT2D eigenvalue weighted by molar-refractivity contribution is 7.47. The number of rotatable bonds is 65. The van der Waals surface area contributed by atoms with Crippen molar-refractivity contribution in [2.45, 2.75) is 290 Å². The van der Waals surface area contributed by atoms with Crippen molar-refractivity contribution >= 4 is 19.8 Å². The molecule has 0 aromatic heterocycles. The summed E-state index contributed by atoms with van der Waals surface area (Å²) in [7, 11) is 1.43. The minimum absolute atomic E-state index is 0.0158. The Kier molecular flexibility index (Phi) is 65.6. The Hall–Kier alpha value is -4.37. The molecule has 0 rings (SSSR count). The topological polar surface area (TPSA) is 108 Å². The van der Waals surface area contributed by atoms with Crippen LogP contribution in [0.1, 0.15) is 284 Å². The van der Waals surface area contributed by atoms with Crippen molar-refractivity contribution in [3.8, 4) is 0 Å². The van der Waals surface area contributed by atoms with Crippen LogP contribution in [0.5, 0.6) is 0 Å². The zero-order valence-electron chi connectivity index (χ0n) is 58.3. The zero-order valence-corrected chi connectivity index (χ0v) is 59.2. The van der Waals surface area contributed by atoms with Crippen LogP contribution in [0, 0.1) is 0 Å². The molecular weight excluding hydrogens is 1130 g/mol. The van der Waals surface area contributed by atoms with Gasteiger partial charge in [0, 0.05) is 12.8 Å². The van der Waals surface area contributed by atoms with Gasteiger partial charge in [-0.2, -0.15) is 0 Å². The molecule has 0 saturated heterocycles. The van der Waals surface area contributed by atoms with Gasteiger partial charge in [0.1, 0.15) is 19.8 Å². The number of quaternary nitrogens is 1. The summed E-state index contributed by atoms with van der Waals surface area (Å²) >= 11 is 0. The van der Waals surface area contributed by atoms with E-state index in [4.69, 9.17) is 18.5 Å². The Balaban J connectivity index is 4.18. The number of carbonyl (C=O) groups excluding carboxylic acids is 2. The number of carbonyl (C=O) groups is 2. The Morgan fingerprint density at radius 3 is 0.978 bits per heavy atom. The van der Waals surface area contributed by atoms with E-state index < -0.39 is 26.5 Å². The summed E-state index contributed by atoms with van der Waals surface area (Å²) in [5, 5.41) is 0. The van der Waals surface area contributed by atoms with Crippen molar-refractivity contribution in [1.29, 1.82) is 0 Å². The van der Waals surface area contributed by atoms with Gasteiger partial charge in [-0.05, 0) is 128 Å². The molecule has 512 valence electrons. The minimum Gasteiger partial charge on any atom is -0.462 e. The number of esters is 2. The summed E-state index contributed by atoms with van der Waals surface area (Å²) in [5.41, 5.74) is 0. The van der Waals surface area contributed by atoms with Gasteiger partial charge in [0.05, 0.1) is 27.7 Å². The predicted molar refractivity (Wildman–Crippen MR) is 390 cm³/mol. The molecule has 0 amide bonds. The Bertz CT molecular complexity index is 2080. The van der Waals surface area contributed by atoms with E-state index in [-0.39, 0.29) is 32.0 Å². The van der Waals surface area contributed by atoms with Crippen molar-refractivity contribution in [1.82, 2.24) is 0 Å². The molecule has 0 aromatic rings. The Labute approximate surface area is 554 Å². The molecular formula is C80H135NO8P+. The smallest absolute Gasteiger partial charge is 0.462 e. The summed E-state index contributed by atoms with van der Waals surface area (Å²) < 4.78 is 34.7. The molecule has 0 heterocycles. The second-order valence-corrected chi connectivity index (χ2v) is 26.3. The number of allylic oxidation sites excluding steroid dienone is 26. The molecule has 0 bridgehead atoms. The van der Waals surface area contributed by atoms with Gasteiger partial charge in [0.25, 0.3) is 0 Å². The van der Waals surface area contributed by atoms with Gasteiger partial charge in [-0.1, -0.05) is 300 Å². The first-order chi connectivity index (χ1) is 44.0. The first-order valence-electron chi connectivity index (χ1n) is 36.2. The lowest BCUT2D eigenvalue weighted by atomic mass is 10.0. The highest BCUT2D eigenvalue weighted by Crippen LogP contribution is 2.43. The van der Waals surface area contributed by atoms with Crippen molar-refractivity contribution in [3.05, 3.63) is 158 Å². The standard InChI is InChI=1S/C80H134NO8P/c1-6-8-10-12-14-16-18-20-22-24-26-28-30-32-34-35-36-37-38-39-40-41-42-43-44-45-47-49-51-53-55-57-59-61-63-65-67-69-71-73-80(83)89-78(77-88-90(84,85)87-75-74-81(3,4)5)76-86-79(82)72-70-68-66-64-62-60-58-56-54-52-50-48-46-33-31-29-27-25-23-21-19-17-15-13-11-9-7-2/h8,10,14,16,20,22,25-28,32,34,36-37,39-40,42-43,45,47,51,53,57,59,63,65,78H,6-7,9,11-13,15,17-19,21,23-24,29-31,33,35,38,41,44,46,48-50,52,54-56,58,60-62,64,66-77H2,1-5H3/p+1/b10-8-,16-14-,22-20-,27-25-,28-26-,34-32-,37-36-,40-39-,43-42-,47-45-,53-51-,59-57-,65-63-. The number of likely N-dealkylation sites (N-methyl/N-ethyl adjacent to an activating group) is 1. The molecule has 2 unspecified atom stereocenters.